The Morgan fingerprint density at radius 1 is 1.12 bits per heavy atom. The molecule has 9 nitrogen and oxygen atoms in total. The van der Waals surface area contributed by atoms with Crippen molar-refractivity contribution in [3.8, 4) is 11.4 Å². The molecule has 1 fully saturated rings. The summed E-state index contributed by atoms with van der Waals surface area (Å²) in [5.41, 5.74) is 7.25. The fraction of sp³-hybridized carbons (Fsp3) is 0.348. The van der Waals surface area contributed by atoms with Crippen LogP contribution in [-0.4, -0.2) is 24.5 Å². The minimum Gasteiger partial charge on any atom is -0.337 e. The molecule has 1 atom stereocenters. The largest absolute Gasteiger partial charge is 0.337 e. The summed E-state index contributed by atoms with van der Waals surface area (Å²) in [6.45, 7) is 5.81. The van der Waals surface area contributed by atoms with Crippen LogP contribution in [0.4, 0.5) is 11.4 Å². The number of nitrogens with zero attached hydrogens (tertiary/aromatic N) is 2. The number of nitrogens with two attached hydrogens (primary N) is 1. The maximum atomic E-state index is 12.9. The second kappa shape index (κ2) is 8.60. The Morgan fingerprint density at radius 3 is 2.42 bits per heavy atom. The Hall–Kier alpha value is -3.24. The number of carbonyl (C=O) groups excluding carboxylic acids is 1. The Morgan fingerprint density at radius 2 is 1.79 bits per heavy atom. The number of carbonyl (C=O) groups is 1. The van der Waals surface area contributed by atoms with E-state index in [1.165, 1.54) is 12.1 Å². The topological polar surface area (TPSA) is 140 Å². The van der Waals surface area contributed by atoms with E-state index in [0.717, 1.165) is 12.8 Å². The molecular weight excluding hydrogens is 442 g/mol. The quantitative estimate of drug-likeness (QED) is 0.454. The second-order valence-electron chi connectivity index (χ2n) is 8.95. The van der Waals surface area contributed by atoms with E-state index in [0.29, 0.717) is 22.8 Å². The molecule has 1 aliphatic rings. The first-order valence-corrected chi connectivity index (χ1v) is 12.2. The average molecular weight is 470 g/mol. The molecule has 3 aromatic rings. The zero-order chi connectivity index (χ0) is 23.8. The smallest absolute Gasteiger partial charge is 0.261 e. The van der Waals surface area contributed by atoms with E-state index in [9.17, 15) is 13.2 Å². The molecule has 2 aromatic carbocycles. The first-order chi connectivity index (χ1) is 15.6. The van der Waals surface area contributed by atoms with Gasteiger partial charge in [-0.3, -0.25) is 9.52 Å². The maximum absolute atomic E-state index is 12.9. The monoisotopic (exact) mass is 469 g/mol. The van der Waals surface area contributed by atoms with Crippen molar-refractivity contribution < 1.29 is 17.7 Å². The van der Waals surface area contributed by atoms with E-state index in [2.05, 4.69) is 20.2 Å². The van der Waals surface area contributed by atoms with Crippen LogP contribution in [0.1, 0.15) is 45.5 Å². The van der Waals surface area contributed by atoms with Crippen molar-refractivity contribution in [2.45, 2.75) is 44.6 Å². The van der Waals surface area contributed by atoms with Crippen molar-refractivity contribution in [1.29, 1.82) is 0 Å². The van der Waals surface area contributed by atoms with E-state index in [4.69, 9.17) is 10.3 Å². The fourth-order valence-corrected chi connectivity index (χ4v) is 4.21. The van der Waals surface area contributed by atoms with Crippen LogP contribution in [0.25, 0.3) is 11.4 Å². The van der Waals surface area contributed by atoms with Crippen LogP contribution >= 0.6 is 0 Å². The number of nitrogens with one attached hydrogen (secondary N) is 2. The lowest BCUT2D eigenvalue weighted by atomic mass is 10.1. The summed E-state index contributed by atoms with van der Waals surface area (Å²) in [7, 11) is -3.86. The highest BCUT2D eigenvalue weighted by atomic mass is 32.2. The van der Waals surface area contributed by atoms with Crippen molar-refractivity contribution in [2.24, 2.45) is 17.1 Å². The molecule has 1 heterocycles. The summed E-state index contributed by atoms with van der Waals surface area (Å²) in [5.74, 6) is 0.661. The number of amides is 1. The minimum absolute atomic E-state index is 0.0216. The van der Waals surface area contributed by atoms with Crippen molar-refractivity contribution in [1.82, 2.24) is 10.1 Å². The van der Waals surface area contributed by atoms with E-state index in [1.54, 1.807) is 36.4 Å². The number of rotatable bonds is 8. The van der Waals surface area contributed by atoms with Gasteiger partial charge in [-0.25, -0.2) is 8.42 Å². The standard InChI is InChI=1S/C23H27N5O4S/c1-14(2)19(24)21-26-20(27-32-21)15-5-4-6-18(13-15)33(30,31)28-17-9-7-16(8-10-17)25-22(29)23(3)11-12-23/h4-10,13-14,19,28H,11-12,24H2,1-3H3,(H,25,29)/t19-/m0/s1. The minimum atomic E-state index is -3.86. The molecule has 1 saturated carbocycles. The molecule has 0 bridgehead atoms. The Balaban J connectivity index is 1.48. The first kappa shape index (κ1) is 22.9. The van der Waals surface area contributed by atoms with Gasteiger partial charge in [0.1, 0.15) is 0 Å². The maximum Gasteiger partial charge on any atom is 0.261 e. The zero-order valence-electron chi connectivity index (χ0n) is 18.7. The zero-order valence-corrected chi connectivity index (χ0v) is 19.5. The summed E-state index contributed by atoms with van der Waals surface area (Å²) in [6, 6.07) is 12.4. The van der Waals surface area contributed by atoms with E-state index >= 15 is 0 Å². The van der Waals surface area contributed by atoms with Crippen LogP contribution in [0, 0.1) is 11.3 Å². The predicted octanol–water partition coefficient (Wildman–Crippen LogP) is 3.93. The van der Waals surface area contributed by atoms with Crippen LogP contribution in [0.5, 0.6) is 0 Å². The van der Waals surface area contributed by atoms with Gasteiger partial charge in [0.2, 0.25) is 17.6 Å². The van der Waals surface area contributed by atoms with E-state index in [-0.39, 0.29) is 28.0 Å². The SMILES string of the molecule is CC(C)[C@H](N)c1nc(-c2cccc(S(=O)(=O)Nc3ccc(NC(=O)C4(C)CC4)cc3)c2)no1. The predicted molar refractivity (Wildman–Crippen MR) is 125 cm³/mol. The molecule has 174 valence electrons. The summed E-state index contributed by atoms with van der Waals surface area (Å²) >= 11 is 0. The summed E-state index contributed by atoms with van der Waals surface area (Å²) in [5, 5.41) is 6.80. The number of sulfonamides is 1. The van der Waals surface area contributed by atoms with E-state index in [1.807, 2.05) is 20.8 Å². The van der Waals surface area contributed by atoms with Crippen LogP contribution in [0.15, 0.2) is 57.9 Å². The number of hydrogen-bond acceptors (Lipinski definition) is 7. The van der Waals surface area contributed by atoms with Gasteiger partial charge < -0.3 is 15.6 Å². The Bertz CT molecular complexity index is 1260. The lowest BCUT2D eigenvalue weighted by molar-refractivity contribution is -0.120. The van der Waals surface area contributed by atoms with Crippen molar-refractivity contribution in [2.75, 3.05) is 10.0 Å². The average Bonchev–Trinajstić information content (AvgIpc) is 3.35. The van der Waals surface area contributed by atoms with E-state index < -0.39 is 16.1 Å². The van der Waals surface area contributed by atoms with Gasteiger partial charge in [0.05, 0.1) is 10.9 Å². The number of anilines is 2. The van der Waals surface area contributed by atoms with Gasteiger partial charge in [0.15, 0.2) is 0 Å². The first-order valence-electron chi connectivity index (χ1n) is 10.7. The molecule has 1 aromatic heterocycles. The van der Waals surface area contributed by atoms with Gasteiger partial charge in [-0.1, -0.05) is 38.1 Å². The van der Waals surface area contributed by atoms with Gasteiger partial charge in [0, 0.05) is 22.4 Å². The lowest BCUT2D eigenvalue weighted by Crippen LogP contribution is -2.21. The van der Waals surface area contributed by atoms with Crippen LogP contribution in [0.3, 0.4) is 0 Å². The second-order valence-corrected chi connectivity index (χ2v) is 10.6. The van der Waals surface area contributed by atoms with Gasteiger partial charge in [-0.2, -0.15) is 4.98 Å². The molecule has 0 radical (unpaired) electrons. The molecule has 0 aliphatic heterocycles. The summed E-state index contributed by atoms with van der Waals surface area (Å²) in [4.78, 5) is 16.5. The third-order valence-corrected chi connectivity index (χ3v) is 7.17. The highest BCUT2D eigenvalue weighted by molar-refractivity contribution is 7.92. The Labute approximate surface area is 192 Å². The van der Waals surface area contributed by atoms with Crippen LogP contribution in [0.2, 0.25) is 0 Å². The third kappa shape index (κ3) is 5.07. The van der Waals surface area contributed by atoms with Gasteiger partial charge in [-0.05, 0) is 55.2 Å². The van der Waals surface area contributed by atoms with Crippen molar-refractivity contribution in [3.63, 3.8) is 0 Å². The number of aromatic nitrogens is 2. The third-order valence-electron chi connectivity index (χ3n) is 5.79. The highest BCUT2D eigenvalue weighted by Gasteiger charge is 2.44. The highest BCUT2D eigenvalue weighted by Crippen LogP contribution is 2.45. The molecule has 1 amide bonds. The molecule has 1 aliphatic carbocycles. The number of benzene rings is 2. The number of hydrogen-bond donors (Lipinski definition) is 3. The summed E-state index contributed by atoms with van der Waals surface area (Å²) in [6.07, 6.45) is 1.76. The molecule has 0 unspecified atom stereocenters. The molecule has 33 heavy (non-hydrogen) atoms. The molecule has 10 heteroatoms. The van der Waals surface area contributed by atoms with Crippen molar-refractivity contribution >= 4 is 27.3 Å². The molecule has 0 saturated heterocycles. The summed E-state index contributed by atoms with van der Waals surface area (Å²) < 4.78 is 33.6. The van der Waals surface area contributed by atoms with Gasteiger partial charge in [-0.15, -0.1) is 0 Å². The molecule has 0 spiro atoms. The van der Waals surface area contributed by atoms with Crippen LogP contribution < -0.4 is 15.8 Å². The normalized spacial score (nSPS) is 15.8. The molecular formula is C23H27N5O4S. The molecule has 4 rings (SSSR count). The fourth-order valence-electron chi connectivity index (χ4n) is 3.11. The molecule has 4 N–H and O–H groups in total. The van der Waals surface area contributed by atoms with Gasteiger partial charge in [0.25, 0.3) is 10.0 Å². The lowest BCUT2D eigenvalue weighted by Gasteiger charge is -2.12. The Kier molecular flexibility index (Phi) is 5.98. The van der Waals surface area contributed by atoms with Gasteiger partial charge >= 0.3 is 0 Å². The van der Waals surface area contributed by atoms with Crippen LogP contribution in [-0.2, 0) is 14.8 Å². The van der Waals surface area contributed by atoms with Crippen molar-refractivity contribution in [3.05, 3.63) is 54.4 Å².